The lowest BCUT2D eigenvalue weighted by Gasteiger charge is -2.01. The number of rotatable bonds is 0. The summed E-state index contributed by atoms with van der Waals surface area (Å²) < 4.78 is 0. The first kappa shape index (κ1) is 12.9. The molecular formula is C16H26O. The quantitative estimate of drug-likeness (QED) is 0.595. The van der Waals surface area contributed by atoms with Gasteiger partial charge in [-0.1, -0.05) is 51.0 Å². The van der Waals surface area contributed by atoms with Gasteiger partial charge in [-0.05, 0) is 37.7 Å². The zero-order valence-electron chi connectivity index (χ0n) is 11.0. The molecule has 0 saturated heterocycles. The van der Waals surface area contributed by atoms with Gasteiger partial charge in [-0.25, -0.2) is 0 Å². The van der Waals surface area contributed by atoms with Crippen molar-refractivity contribution in [1.29, 1.82) is 0 Å². The first-order valence-electron chi connectivity index (χ1n) is 7.58. The lowest BCUT2D eigenvalue weighted by molar-refractivity contribution is -0.116. The molecule has 17 heavy (non-hydrogen) atoms. The molecule has 0 aromatic heterocycles. The highest BCUT2D eigenvalue weighted by Gasteiger charge is 2.40. The molecule has 1 saturated carbocycles. The van der Waals surface area contributed by atoms with E-state index in [-0.39, 0.29) is 0 Å². The van der Waals surface area contributed by atoms with Crippen LogP contribution in [0.1, 0.15) is 70.6 Å². The molecule has 2 rings (SSSR count). The van der Waals surface area contributed by atoms with Gasteiger partial charge in [0.15, 0.2) is 5.78 Å². The SMILES string of the molecule is O=C1/C=C\CCCCCCCCCC[C@@H]2C[C@@H]12. The van der Waals surface area contributed by atoms with E-state index in [9.17, 15) is 4.79 Å². The summed E-state index contributed by atoms with van der Waals surface area (Å²) in [5.41, 5.74) is 0. The molecule has 2 aliphatic carbocycles. The van der Waals surface area contributed by atoms with Gasteiger partial charge in [-0.15, -0.1) is 0 Å². The van der Waals surface area contributed by atoms with E-state index in [1.54, 1.807) is 0 Å². The Kier molecular flexibility index (Phi) is 5.28. The standard InChI is InChI=1S/C16H26O/c17-16-12-10-8-6-4-2-1-3-5-7-9-11-14-13-15(14)16/h10,12,14-15H,1-9,11,13H2/b12-10-/t14-,15-/m1/s1. The molecule has 0 aromatic carbocycles. The van der Waals surface area contributed by atoms with Crippen LogP contribution in [-0.4, -0.2) is 5.78 Å². The van der Waals surface area contributed by atoms with Gasteiger partial charge in [0.05, 0.1) is 0 Å². The largest absolute Gasteiger partial charge is 0.295 e. The number of fused-ring (bicyclic) bond motifs is 1. The molecular weight excluding hydrogens is 208 g/mol. The van der Waals surface area contributed by atoms with Gasteiger partial charge < -0.3 is 0 Å². The van der Waals surface area contributed by atoms with Gasteiger partial charge in [-0.2, -0.15) is 0 Å². The van der Waals surface area contributed by atoms with Crippen LogP contribution in [0.25, 0.3) is 0 Å². The van der Waals surface area contributed by atoms with E-state index >= 15 is 0 Å². The summed E-state index contributed by atoms with van der Waals surface area (Å²) in [4.78, 5) is 11.8. The summed E-state index contributed by atoms with van der Waals surface area (Å²) in [5.74, 6) is 1.54. The summed E-state index contributed by atoms with van der Waals surface area (Å²) in [5, 5.41) is 0. The zero-order chi connectivity index (χ0) is 11.9. The van der Waals surface area contributed by atoms with Crippen LogP contribution >= 0.6 is 0 Å². The Morgan fingerprint density at radius 2 is 1.53 bits per heavy atom. The van der Waals surface area contributed by atoms with Gasteiger partial charge in [0, 0.05) is 5.92 Å². The van der Waals surface area contributed by atoms with Gasteiger partial charge in [-0.3, -0.25) is 4.79 Å². The molecule has 1 heteroatoms. The molecule has 96 valence electrons. The minimum Gasteiger partial charge on any atom is -0.295 e. The average molecular weight is 234 g/mol. The number of allylic oxidation sites excluding steroid dienone is 2. The van der Waals surface area contributed by atoms with Crippen molar-refractivity contribution in [3.63, 3.8) is 0 Å². The molecule has 0 radical (unpaired) electrons. The van der Waals surface area contributed by atoms with E-state index in [2.05, 4.69) is 6.08 Å². The second kappa shape index (κ2) is 6.98. The second-order valence-corrected chi connectivity index (χ2v) is 5.81. The van der Waals surface area contributed by atoms with Crippen molar-refractivity contribution >= 4 is 5.78 Å². The van der Waals surface area contributed by atoms with E-state index in [1.165, 1.54) is 64.2 Å². The smallest absolute Gasteiger partial charge is 0.158 e. The lowest BCUT2D eigenvalue weighted by Crippen LogP contribution is -1.97. The third-order valence-electron chi connectivity index (χ3n) is 4.27. The van der Waals surface area contributed by atoms with Crippen LogP contribution in [0.4, 0.5) is 0 Å². The molecule has 2 aliphatic rings. The maximum atomic E-state index is 11.8. The summed E-state index contributed by atoms with van der Waals surface area (Å²) >= 11 is 0. The molecule has 0 spiro atoms. The number of ketones is 1. The molecule has 0 N–H and O–H groups in total. The van der Waals surface area contributed by atoms with E-state index < -0.39 is 0 Å². The molecule has 0 amide bonds. The maximum Gasteiger partial charge on any atom is 0.158 e. The summed E-state index contributed by atoms with van der Waals surface area (Å²) in [6.45, 7) is 0. The summed E-state index contributed by atoms with van der Waals surface area (Å²) in [7, 11) is 0. The van der Waals surface area contributed by atoms with E-state index in [1.807, 2.05) is 6.08 Å². The third-order valence-corrected chi connectivity index (χ3v) is 4.27. The van der Waals surface area contributed by atoms with Crippen molar-refractivity contribution in [1.82, 2.24) is 0 Å². The van der Waals surface area contributed by atoms with Crippen LogP contribution in [0.15, 0.2) is 12.2 Å². The Bertz CT molecular complexity index is 267. The highest BCUT2D eigenvalue weighted by atomic mass is 16.1. The molecule has 0 aromatic rings. The second-order valence-electron chi connectivity index (χ2n) is 5.81. The third kappa shape index (κ3) is 4.65. The number of carbonyl (C=O) groups is 1. The Labute approximate surface area is 106 Å². The minimum absolute atomic E-state index is 0.399. The first-order valence-corrected chi connectivity index (χ1v) is 7.58. The molecule has 0 bridgehead atoms. The van der Waals surface area contributed by atoms with Crippen molar-refractivity contribution in [3.8, 4) is 0 Å². The number of carbonyl (C=O) groups excluding carboxylic acids is 1. The van der Waals surface area contributed by atoms with E-state index in [0.29, 0.717) is 11.7 Å². The molecule has 2 atom stereocenters. The van der Waals surface area contributed by atoms with Crippen molar-refractivity contribution < 1.29 is 4.79 Å². The molecule has 0 unspecified atom stereocenters. The molecule has 1 nitrogen and oxygen atoms in total. The van der Waals surface area contributed by atoms with Crippen molar-refractivity contribution in [2.45, 2.75) is 70.6 Å². The van der Waals surface area contributed by atoms with Crippen molar-refractivity contribution in [3.05, 3.63) is 12.2 Å². The predicted octanol–water partition coefficient (Wildman–Crippen LogP) is 4.66. The van der Waals surface area contributed by atoms with Crippen LogP contribution < -0.4 is 0 Å². The fourth-order valence-corrected chi connectivity index (χ4v) is 2.97. The maximum absolute atomic E-state index is 11.8. The van der Waals surface area contributed by atoms with Crippen LogP contribution in [-0.2, 0) is 4.79 Å². The van der Waals surface area contributed by atoms with E-state index in [0.717, 1.165) is 12.3 Å². The number of hydrogen-bond donors (Lipinski definition) is 0. The lowest BCUT2D eigenvalue weighted by atomic mass is 10.1. The van der Waals surface area contributed by atoms with Gasteiger partial charge in [0.1, 0.15) is 0 Å². The van der Waals surface area contributed by atoms with Crippen molar-refractivity contribution in [2.24, 2.45) is 11.8 Å². The Balaban J connectivity index is 1.75. The van der Waals surface area contributed by atoms with Gasteiger partial charge >= 0.3 is 0 Å². The Hall–Kier alpha value is -0.590. The monoisotopic (exact) mass is 234 g/mol. The first-order chi connectivity index (χ1) is 8.38. The predicted molar refractivity (Wildman–Crippen MR) is 71.9 cm³/mol. The fourth-order valence-electron chi connectivity index (χ4n) is 2.97. The highest BCUT2D eigenvalue weighted by molar-refractivity contribution is 5.93. The van der Waals surface area contributed by atoms with Gasteiger partial charge in [0.25, 0.3) is 0 Å². The van der Waals surface area contributed by atoms with Crippen LogP contribution in [0.5, 0.6) is 0 Å². The Morgan fingerprint density at radius 3 is 2.29 bits per heavy atom. The van der Waals surface area contributed by atoms with Crippen molar-refractivity contribution in [2.75, 3.05) is 0 Å². The number of hydrogen-bond acceptors (Lipinski definition) is 1. The topological polar surface area (TPSA) is 17.1 Å². The Morgan fingerprint density at radius 1 is 0.882 bits per heavy atom. The van der Waals surface area contributed by atoms with E-state index in [4.69, 9.17) is 0 Å². The minimum atomic E-state index is 0.399. The highest BCUT2D eigenvalue weighted by Crippen LogP contribution is 2.43. The molecule has 0 aliphatic heterocycles. The fraction of sp³-hybridized carbons (Fsp3) is 0.812. The zero-order valence-corrected chi connectivity index (χ0v) is 11.0. The summed E-state index contributed by atoms with van der Waals surface area (Å²) in [6, 6.07) is 0. The normalized spacial score (nSPS) is 34.2. The summed E-state index contributed by atoms with van der Waals surface area (Å²) in [6.07, 6.45) is 18.5. The van der Waals surface area contributed by atoms with Gasteiger partial charge in [0.2, 0.25) is 0 Å². The van der Waals surface area contributed by atoms with Crippen LogP contribution in [0.3, 0.4) is 0 Å². The average Bonchev–Trinajstić information content (AvgIpc) is 3.08. The van der Waals surface area contributed by atoms with Crippen LogP contribution in [0.2, 0.25) is 0 Å². The molecule has 0 heterocycles. The van der Waals surface area contributed by atoms with Crippen LogP contribution in [0, 0.1) is 11.8 Å². The molecule has 1 fully saturated rings.